The summed E-state index contributed by atoms with van der Waals surface area (Å²) in [5, 5.41) is 4.71. The summed E-state index contributed by atoms with van der Waals surface area (Å²) in [5.41, 5.74) is 2.75. The molecule has 2 aromatic heterocycles. The van der Waals surface area contributed by atoms with Gasteiger partial charge in [-0.05, 0) is 29.8 Å². The topological polar surface area (TPSA) is 67.6 Å². The molecule has 0 bridgehead atoms. The Bertz CT molecular complexity index is 966. The second-order valence-electron chi connectivity index (χ2n) is 5.28. The molecule has 0 amide bonds. The van der Waals surface area contributed by atoms with Crippen LogP contribution in [0.15, 0.2) is 70.5 Å². The number of thioether (sulfide) groups is 1. The Morgan fingerprint density at radius 3 is 2.60 bits per heavy atom. The van der Waals surface area contributed by atoms with Gasteiger partial charge in [-0.3, -0.25) is 0 Å². The van der Waals surface area contributed by atoms with Gasteiger partial charge in [-0.25, -0.2) is 9.37 Å². The number of nitrogens with one attached hydrogen (secondary N) is 1. The van der Waals surface area contributed by atoms with E-state index in [0.29, 0.717) is 23.0 Å². The standard InChI is InChI=1S/C18H13FN4OS/c19-14-8-6-13(7-9-14)17-22-16(24-23-17)11-25-18-20-10-15(21-18)12-4-2-1-3-5-12/h1-10H,11H2,(H,20,21). The number of nitrogens with zero attached hydrogens (tertiary/aromatic N) is 3. The molecule has 124 valence electrons. The maximum Gasteiger partial charge on any atom is 0.237 e. The van der Waals surface area contributed by atoms with E-state index < -0.39 is 0 Å². The van der Waals surface area contributed by atoms with Gasteiger partial charge in [0.25, 0.3) is 0 Å². The first-order valence-electron chi connectivity index (χ1n) is 7.60. The molecule has 0 saturated heterocycles. The number of aromatic amines is 1. The van der Waals surface area contributed by atoms with Crippen molar-refractivity contribution in [2.45, 2.75) is 10.9 Å². The van der Waals surface area contributed by atoms with E-state index in [9.17, 15) is 4.39 Å². The highest BCUT2D eigenvalue weighted by Crippen LogP contribution is 2.24. The van der Waals surface area contributed by atoms with Crippen LogP contribution < -0.4 is 0 Å². The van der Waals surface area contributed by atoms with E-state index in [2.05, 4.69) is 20.1 Å². The molecule has 0 radical (unpaired) electrons. The highest BCUT2D eigenvalue weighted by Gasteiger charge is 2.10. The van der Waals surface area contributed by atoms with Crippen LogP contribution in [0.5, 0.6) is 0 Å². The average Bonchev–Trinajstić information content (AvgIpc) is 3.31. The number of rotatable bonds is 5. The SMILES string of the molecule is Fc1ccc(-c2noc(CSc3ncc(-c4ccccc4)[nH]3)n2)cc1. The summed E-state index contributed by atoms with van der Waals surface area (Å²) in [7, 11) is 0. The molecule has 0 aliphatic rings. The molecule has 0 aliphatic heterocycles. The first-order chi connectivity index (χ1) is 12.3. The van der Waals surface area contributed by atoms with Gasteiger partial charge in [-0.15, -0.1) is 0 Å². The van der Waals surface area contributed by atoms with Crippen LogP contribution in [0.2, 0.25) is 0 Å². The van der Waals surface area contributed by atoms with Gasteiger partial charge in [0, 0.05) is 5.56 Å². The molecule has 2 heterocycles. The van der Waals surface area contributed by atoms with Crippen molar-refractivity contribution in [3.8, 4) is 22.6 Å². The molecule has 0 spiro atoms. The fourth-order valence-corrected chi connectivity index (χ4v) is 2.99. The molecular weight excluding hydrogens is 339 g/mol. The van der Waals surface area contributed by atoms with Crippen molar-refractivity contribution in [3.05, 3.63) is 72.5 Å². The van der Waals surface area contributed by atoms with Crippen molar-refractivity contribution < 1.29 is 8.91 Å². The lowest BCUT2D eigenvalue weighted by molar-refractivity contribution is 0.391. The maximum atomic E-state index is 13.0. The third kappa shape index (κ3) is 3.61. The van der Waals surface area contributed by atoms with Crippen molar-refractivity contribution in [2.24, 2.45) is 0 Å². The van der Waals surface area contributed by atoms with E-state index in [1.54, 1.807) is 18.3 Å². The van der Waals surface area contributed by atoms with E-state index in [1.165, 1.54) is 23.9 Å². The number of hydrogen-bond donors (Lipinski definition) is 1. The van der Waals surface area contributed by atoms with Crippen LogP contribution in [0.4, 0.5) is 4.39 Å². The first kappa shape index (κ1) is 15.6. The maximum absolute atomic E-state index is 13.0. The van der Waals surface area contributed by atoms with Crippen LogP contribution in [-0.2, 0) is 5.75 Å². The molecule has 0 fully saturated rings. The second kappa shape index (κ2) is 6.90. The van der Waals surface area contributed by atoms with Gasteiger partial charge in [-0.1, -0.05) is 47.3 Å². The minimum absolute atomic E-state index is 0.296. The number of H-pyrrole nitrogens is 1. The fourth-order valence-electron chi connectivity index (χ4n) is 2.30. The van der Waals surface area contributed by atoms with Crippen molar-refractivity contribution in [3.63, 3.8) is 0 Å². The van der Waals surface area contributed by atoms with Gasteiger partial charge in [0.15, 0.2) is 5.16 Å². The van der Waals surface area contributed by atoms with Crippen LogP contribution in [0.1, 0.15) is 5.89 Å². The number of imidazole rings is 1. The van der Waals surface area contributed by atoms with Gasteiger partial charge in [0.1, 0.15) is 5.82 Å². The van der Waals surface area contributed by atoms with E-state index in [-0.39, 0.29) is 5.82 Å². The van der Waals surface area contributed by atoms with Crippen molar-refractivity contribution in [1.29, 1.82) is 0 Å². The van der Waals surface area contributed by atoms with Crippen LogP contribution in [0.25, 0.3) is 22.6 Å². The second-order valence-corrected chi connectivity index (χ2v) is 6.24. The lowest BCUT2D eigenvalue weighted by Crippen LogP contribution is -1.84. The van der Waals surface area contributed by atoms with Gasteiger partial charge in [-0.2, -0.15) is 4.98 Å². The number of halogens is 1. The van der Waals surface area contributed by atoms with Gasteiger partial charge >= 0.3 is 0 Å². The predicted molar refractivity (Wildman–Crippen MR) is 93.3 cm³/mol. The Morgan fingerprint density at radius 2 is 1.80 bits per heavy atom. The Balaban J connectivity index is 1.42. The number of benzene rings is 2. The molecule has 5 nitrogen and oxygen atoms in total. The highest BCUT2D eigenvalue weighted by molar-refractivity contribution is 7.98. The van der Waals surface area contributed by atoms with Crippen LogP contribution in [0, 0.1) is 5.82 Å². The fraction of sp³-hybridized carbons (Fsp3) is 0.0556. The molecule has 1 N–H and O–H groups in total. The number of aromatic nitrogens is 4. The van der Waals surface area contributed by atoms with E-state index in [4.69, 9.17) is 4.52 Å². The summed E-state index contributed by atoms with van der Waals surface area (Å²) in [6.07, 6.45) is 1.80. The quantitative estimate of drug-likeness (QED) is 0.533. The Morgan fingerprint density at radius 1 is 1.00 bits per heavy atom. The minimum Gasteiger partial charge on any atom is -0.338 e. The first-order valence-corrected chi connectivity index (χ1v) is 8.58. The summed E-state index contributed by atoms with van der Waals surface area (Å²) in [6, 6.07) is 16.0. The third-order valence-corrected chi connectivity index (χ3v) is 4.41. The Kier molecular flexibility index (Phi) is 4.30. The molecule has 0 saturated carbocycles. The van der Waals surface area contributed by atoms with Crippen LogP contribution in [-0.4, -0.2) is 20.1 Å². The van der Waals surface area contributed by atoms with E-state index in [0.717, 1.165) is 16.4 Å². The molecule has 0 aliphatic carbocycles. The zero-order chi connectivity index (χ0) is 17.1. The monoisotopic (exact) mass is 352 g/mol. The summed E-state index contributed by atoms with van der Waals surface area (Å²) in [5.74, 6) is 1.13. The molecule has 4 aromatic rings. The lowest BCUT2D eigenvalue weighted by Gasteiger charge is -1.96. The Labute approximate surface area is 147 Å². The highest BCUT2D eigenvalue weighted by atomic mass is 32.2. The molecule has 0 atom stereocenters. The molecule has 0 unspecified atom stereocenters. The largest absolute Gasteiger partial charge is 0.338 e. The summed E-state index contributed by atoms with van der Waals surface area (Å²) < 4.78 is 18.2. The molecule has 2 aromatic carbocycles. The zero-order valence-electron chi connectivity index (χ0n) is 13.0. The number of hydrogen-bond acceptors (Lipinski definition) is 5. The lowest BCUT2D eigenvalue weighted by atomic mass is 10.2. The molecular formula is C18H13FN4OS. The van der Waals surface area contributed by atoms with Crippen molar-refractivity contribution in [2.75, 3.05) is 0 Å². The predicted octanol–water partition coefficient (Wildman–Crippen LogP) is 4.56. The summed E-state index contributed by atoms with van der Waals surface area (Å²) in [4.78, 5) is 12.0. The molecule has 7 heteroatoms. The van der Waals surface area contributed by atoms with Gasteiger partial charge < -0.3 is 9.51 Å². The normalized spacial score (nSPS) is 10.9. The van der Waals surface area contributed by atoms with Crippen LogP contribution >= 0.6 is 11.8 Å². The molecule has 4 rings (SSSR count). The van der Waals surface area contributed by atoms with Crippen molar-refractivity contribution in [1.82, 2.24) is 20.1 Å². The van der Waals surface area contributed by atoms with Crippen molar-refractivity contribution >= 4 is 11.8 Å². The molecule has 25 heavy (non-hydrogen) atoms. The van der Waals surface area contributed by atoms with Gasteiger partial charge in [0.05, 0.1) is 17.6 Å². The Hall–Kier alpha value is -2.93. The average molecular weight is 352 g/mol. The minimum atomic E-state index is -0.296. The van der Waals surface area contributed by atoms with E-state index in [1.807, 2.05) is 30.3 Å². The summed E-state index contributed by atoms with van der Waals surface area (Å²) >= 11 is 1.48. The third-order valence-electron chi connectivity index (χ3n) is 3.54. The van der Waals surface area contributed by atoms with Gasteiger partial charge in [0.2, 0.25) is 11.7 Å². The zero-order valence-corrected chi connectivity index (χ0v) is 13.8. The van der Waals surface area contributed by atoms with Crippen LogP contribution in [0.3, 0.4) is 0 Å². The smallest absolute Gasteiger partial charge is 0.237 e. The summed E-state index contributed by atoms with van der Waals surface area (Å²) in [6.45, 7) is 0. The van der Waals surface area contributed by atoms with E-state index >= 15 is 0 Å².